The Hall–Kier alpha value is -0.380. The Kier molecular flexibility index (Phi) is 5.63. The van der Waals surface area contributed by atoms with Crippen LogP contribution in [0.15, 0.2) is 11.6 Å². The molecule has 0 aliphatic heterocycles. The maximum Gasteiger partial charge on any atom is 0.0618 e. The lowest BCUT2D eigenvalue weighted by atomic mass is 9.33. The second-order valence-electron chi connectivity index (χ2n) is 15.4. The van der Waals surface area contributed by atoms with E-state index in [1.54, 1.807) is 12.7 Å². The van der Waals surface area contributed by atoms with E-state index in [1.807, 2.05) is 0 Å². The number of hydrogen-bond donors (Lipinski definition) is 2. The smallest absolute Gasteiger partial charge is 0.0618 e. The topological polar surface area (TPSA) is 49.7 Å². The molecule has 3 nitrogen and oxygen atoms in total. The minimum absolute atomic E-state index is 0.0249. The first-order chi connectivity index (χ1) is 15.7. The maximum absolute atomic E-state index is 11.3. The largest absolute Gasteiger partial charge is 0.393 e. The summed E-state index contributed by atoms with van der Waals surface area (Å²) in [6, 6.07) is 0. The van der Waals surface area contributed by atoms with Crippen molar-refractivity contribution in [2.45, 2.75) is 118 Å². The molecule has 0 aromatic carbocycles. The van der Waals surface area contributed by atoms with Crippen molar-refractivity contribution >= 4 is 0 Å². The molecule has 0 spiro atoms. The van der Waals surface area contributed by atoms with Crippen LogP contribution in [0.1, 0.15) is 106 Å². The molecule has 0 amide bonds. The number of rotatable bonds is 2. The van der Waals surface area contributed by atoms with Gasteiger partial charge in [-0.1, -0.05) is 60.1 Å². The predicted octanol–water partition coefficient (Wildman–Crippen LogP) is 6.77. The summed E-state index contributed by atoms with van der Waals surface area (Å²) in [6.07, 6.45) is 12.3. The molecular weight excluding hydrogens is 420 g/mol. The van der Waals surface area contributed by atoms with Crippen molar-refractivity contribution < 1.29 is 14.9 Å². The van der Waals surface area contributed by atoms with Crippen molar-refractivity contribution in [3.05, 3.63) is 11.6 Å². The lowest BCUT2D eigenvalue weighted by Gasteiger charge is -2.71. The van der Waals surface area contributed by atoms with Crippen LogP contribution in [0.4, 0.5) is 0 Å². The van der Waals surface area contributed by atoms with Crippen molar-refractivity contribution in [2.75, 3.05) is 13.7 Å². The van der Waals surface area contributed by atoms with E-state index in [-0.39, 0.29) is 44.7 Å². The highest BCUT2D eigenvalue weighted by atomic mass is 16.5. The number of allylic oxidation sites excluding steroid dienone is 2. The van der Waals surface area contributed by atoms with Gasteiger partial charge in [-0.15, -0.1) is 0 Å². The molecule has 5 aliphatic carbocycles. The summed E-state index contributed by atoms with van der Waals surface area (Å²) in [5.74, 6) is 1.65. The Bertz CT molecular complexity index is 863. The van der Waals surface area contributed by atoms with E-state index in [1.165, 1.54) is 25.7 Å². The van der Waals surface area contributed by atoms with Gasteiger partial charge in [0.2, 0.25) is 0 Å². The quantitative estimate of drug-likeness (QED) is 0.436. The molecule has 34 heavy (non-hydrogen) atoms. The number of aliphatic hydroxyl groups is 2. The van der Waals surface area contributed by atoms with Gasteiger partial charge in [0.15, 0.2) is 0 Å². The van der Waals surface area contributed by atoms with Gasteiger partial charge in [-0.05, 0) is 97.2 Å². The average molecular weight is 473 g/mol. The molecule has 0 aromatic heterocycles. The molecule has 3 heteroatoms. The molecule has 194 valence electrons. The summed E-state index contributed by atoms with van der Waals surface area (Å²) in [5.41, 5.74) is 2.47. The number of ether oxygens (including phenoxy) is 1. The molecule has 5 aliphatic rings. The SMILES string of the molecule is COC[C@]1(C)C2CC[C@]3(C)C(CC=C4[C@@H]5CC(C)(C)C[C@@H](O)[C@]5(C)CC[C@]43C)[C@@]2(C)CC[C@@H]1O. The van der Waals surface area contributed by atoms with Crippen molar-refractivity contribution in [1.82, 2.24) is 0 Å². The highest BCUT2D eigenvalue weighted by molar-refractivity contribution is 5.34. The van der Waals surface area contributed by atoms with Crippen LogP contribution in [0.3, 0.4) is 0 Å². The molecule has 4 fully saturated rings. The summed E-state index contributed by atoms with van der Waals surface area (Å²) in [7, 11) is 1.80. The average Bonchev–Trinajstić information content (AvgIpc) is 2.73. The van der Waals surface area contributed by atoms with Gasteiger partial charge >= 0.3 is 0 Å². The predicted molar refractivity (Wildman–Crippen MR) is 138 cm³/mol. The van der Waals surface area contributed by atoms with Gasteiger partial charge in [-0.25, -0.2) is 0 Å². The van der Waals surface area contributed by atoms with Crippen molar-refractivity contribution in [3.8, 4) is 0 Å². The monoisotopic (exact) mass is 472 g/mol. The van der Waals surface area contributed by atoms with Crippen LogP contribution < -0.4 is 0 Å². The van der Waals surface area contributed by atoms with Gasteiger partial charge in [0.05, 0.1) is 18.8 Å². The molecule has 0 saturated heterocycles. The molecule has 5 rings (SSSR count). The summed E-state index contributed by atoms with van der Waals surface area (Å²) >= 11 is 0. The second kappa shape index (κ2) is 7.57. The van der Waals surface area contributed by atoms with Crippen LogP contribution in [-0.2, 0) is 4.74 Å². The Morgan fingerprint density at radius 1 is 0.824 bits per heavy atom. The Morgan fingerprint density at radius 2 is 1.53 bits per heavy atom. The minimum atomic E-state index is -0.262. The molecule has 0 radical (unpaired) electrons. The summed E-state index contributed by atoms with van der Waals surface area (Å²) in [5, 5.41) is 22.5. The van der Waals surface area contributed by atoms with Crippen LogP contribution in [0, 0.1) is 50.2 Å². The third-order valence-electron chi connectivity index (χ3n) is 13.4. The van der Waals surface area contributed by atoms with E-state index < -0.39 is 0 Å². The van der Waals surface area contributed by atoms with Crippen LogP contribution in [-0.4, -0.2) is 36.1 Å². The number of aliphatic hydroxyl groups excluding tert-OH is 2. The molecule has 2 N–H and O–H groups in total. The van der Waals surface area contributed by atoms with Crippen molar-refractivity contribution in [3.63, 3.8) is 0 Å². The van der Waals surface area contributed by atoms with Crippen LogP contribution in [0.25, 0.3) is 0 Å². The molecule has 0 aromatic rings. The summed E-state index contributed by atoms with van der Waals surface area (Å²) in [4.78, 5) is 0. The number of hydrogen-bond acceptors (Lipinski definition) is 3. The first-order valence-corrected chi connectivity index (χ1v) is 14.2. The first kappa shape index (κ1) is 25.3. The third kappa shape index (κ3) is 3.05. The van der Waals surface area contributed by atoms with Crippen LogP contribution in [0.5, 0.6) is 0 Å². The summed E-state index contributed by atoms with van der Waals surface area (Å²) < 4.78 is 5.72. The number of methoxy groups -OCH3 is 1. The van der Waals surface area contributed by atoms with E-state index in [4.69, 9.17) is 4.74 Å². The highest BCUT2D eigenvalue weighted by Gasteiger charge is 2.69. The molecule has 0 bridgehead atoms. The second-order valence-corrected chi connectivity index (χ2v) is 15.4. The molecular formula is C31H52O3. The lowest BCUT2D eigenvalue weighted by Crippen LogP contribution is -2.66. The molecule has 4 saturated carbocycles. The van der Waals surface area contributed by atoms with Crippen molar-refractivity contribution in [2.24, 2.45) is 50.2 Å². The summed E-state index contributed by atoms with van der Waals surface area (Å²) in [6.45, 7) is 17.9. The fourth-order valence-electron chi connectivity index (χ4n) is 11.0. The van der Waals surface area contributed by atoms with Gasteiger partial charge < -0.3 is 14.9 Å². The van der Waals surface area contributed by atoms with Gasteiger partial charge in [0.25, 0.3) is 0 Å². The van der Waals surface area contributed by atoms with E-state index in [0.29, 0.717) is 24.4 Å². The standard InChI is InChI=1S/C31H52O3/c1-26(2)17-21-20-9-10-23-28(4)13-12-24(32)29(5,19-34-8)22(28)11-14-31(23,7)30(20,6)16-15-27(21,3)25(33)18-26/h9,21-25,32-33H,10-19H2,1-8H3/t21-,22?,23?,24-,25+,27+,28-,29+,30+,31+/m0/s1. The molecule has 2 unspecified atom stereocenters. The fourth-order valence-corrected chi connectivity index (χ4v) is 11.0. The van der Waals surface area contributed by atoms with Crippen molar-refractivity contribution in [1.29, 1.82) is 0 Å². The Balaban J connectivity index is 1.57. The maximum atomic E-state index is 11.3. The van der Waals surface area contributed by atoms with Crippen LogP contribution >= 0.6 is 0 Å². The number of fused-ring (bicyclic) bond motifs is 7. The van der Waals surface area contributed by atoms with E-state index >= 15 is 0 Å². The zero-order chi connectivity index (χ0) is 24.9. The highest BCUT2D eigenvalue weighted by Crippen LogP contribution is 2.75. The zero-order valence-electron chi connectivity index (χ0n) is 23.3. The van der Waals surface area contributed by atoms with Gasteiger partial charge in [0, 0.05) is 17.9 Å². The third-order valence-corrected chi connectivity index (χ3v) is 13.4. The first-order valence-electron chi connectivity index (χ1n) is 14.2. The van der Waals surface area contributed by atoms with E-state index in [9.17, 15) is 10.2 Å². The van der Waals surface area contributed by atoms with Gasteiger partial charge in [-0.3, -0.25) is 0 Å². The minimum Gasteiger partial charge on any atom is -0.393 e. The Morgan fingerprint density at radius 3 is 2.21 bits per heavy atom. The molecule has 10 atom stereocenters. The lowest BCUT2D eigenvalue weighted by molar-refractivity contribution is -0.220. The Labute approximate surface area is 209 Å². The normalized spacial score (nSPS) is 56.4. The fraction of sp³-hybridized carbons (Fsp3) is 0.935. The van der Waals surface area contributed by atoms with Gasteiger partial charge in [0.1, 0.15) is 0 Å². The molecule has 0 heterocycles. The van der Waals surface area contributed by atoms with Gasteiger partial charge in [-0.2, -0.15) is 0 Å². The van der Waals surface area contributed by atoms with E-state index in [0.717, 1.165) is 32.1 Å². The zero-order valence-corrected chi connectivity index (χ0v) is 23.3. The van der Waals surface area contributed by atoms with Crippen LogP contribution in [0.2, 0.25) is 0 Å². The van der Waals surface area contributed by atoms with E-state index in [2.05, 4.69) is 54.5 Å².